The normalized spacial score (nSPS) is 50.0. The van der Waals surface area contributed by atoms with E-state index in [1.54, 1.807) is 20.8 Å². The fourth-order valence-electron chi connectivity index (χ4n) is 3.71. The number of ether oxygens (including phenoxy) is 7. The van der Waals surface area contributed by atoms with Crippen molar-refractivity contribution in [2.45, 2.75) is 81.7 Å². The van der Waals surface area contributed by atoms with Gasteiger partial charge < -0.3 is 43.4 Å². The second-order valence-corrected chi connectivity index (χ2v) is 6.89. The van der Waals surface area contributed by atoms with Gasteiger partial charge in [-0.3, -0.25) is 0 Å². The molecule has 0 spiro atoms. The maximum absolute atomic E-state index is 10.6. The molecule has 0 amide bonds. The second kappa shape index (κ2) is 8.76. The molecular formula is C17H32O9. The van der Waals surface area contributed by atoms with Crippen LogP contribution in [0.15, 0.2) is 0 Å². The molecule has 0 bridgehead atoms. The molecule has 0 aromatic rings. The highest BCUT2D eigenvalue weighted by Crippen LogP contribution is 2.35. The predicted octanol–water partition coefficient (Wildman–Crippen LogP) is -0.335. The number of hydrogen-bond acceptors (Lipinski definition) is 9. The zero-order valence-electron chi connectivity index (χ0n) is 16.4. The smallest absolute Gasteiger partial charge is 0.194 e. The largest absolute Gasteiger partial charge is 0.387 e. The van der Waals surface area contributed by atoms with Crippen molar-refractivity contribution in [3.05, 3.63) is 0 Å². The van der Waals surface area contributed by atoms with Gasteiger partial charge >= 0.3 is 0 Å². The zero-order chi connectivity index (χ0) is 19.6. The summed E-state index contributed by atoms with van der Waals surface area (Å²) in [5, 5.41) is 21.1. The number of rotatable bonds is 6. The van der Waals surface area contributed by atoms with E-state index in [-0.39, 0.29) is 0 Å². The van der Waals surface area contributed by atoms with Gasteiger partial charge in [-0.05, 0) is 20.8 Å². The van der Waals surface area contributed by atoms with Crippen LogP contribution in [0.1, 0.15) is 20.8 Å². The van der Waals surface area contributed by atoms with Gasteiger partial charge in [-0.15, -0.1) is 0 Å². The quantitative estimate of drug-likeness (QED) is 0.640. The van der Waals surface area contributed by atoms with E-state index in [1.165, 1.54) is 28.4 Å². The lowest BCUT2D eigenvalue weighted by Crippen LogP contribution is -2.66. The summed E-state index contributed by atoms with van der Waals surface area (Å²) in [5.41, 5.74) is 0. The molecule has 0 aromatic heterocycles. The van der Waals surface area contributed by atoms with E-state index in [1.807, 2.05) is 0 Å². The van der Waals surface area contributed by atoms with Gasteiger partial charge in [0.2, 0.25) is 0 Å². The van der Waals surface area contributed by atoms with Crippen LogP contribution >= 0.6 is 0 Å². The first kappa shape index (κ1) is 21.9. The molecule has 2 fully saturated rings. The fourth-order valence-corrected chi connectivity index (χ4v) is 3.71. The van der Waals surface area contributed by atoms with E-state index in [9.17, 15) is 10.2 Å². The van der Waals surface area contributed by atoms with Crippen LogP contribution in [0.5, 0.6) is 0 Å². The van der Waals surface area contributed by atoms with Crippen LogP contribution < -0.4 is 0 Å². The van der Waals surface area contributed by atoms with Crippen LogP contribution in [0, 0.1) is 0 Å². The average molecular weight is 380 g/mol. The van der Waals surface area contributed by atoms with Gasteiger partial charge in [-0.1, -0.05) is 0 Å². The highest BCUT2D eigenvalue weighted by molar-refractivity contribution is 4.97. The molecule has 2 heterocycles. The van der Waals surface area contributed by atoms with Gasteiger partial charge in [0.25, 0.3) is 0 Å². The Balaban J connectivity index is 2.19. The number of aliphatic hydroxyl groups is 2. The Morgan fingerprint density at radius 3 is 1.88 bits per heavy atom. The topological polar surface area (TPSA) is 105 Å². The van der Waals surface area contributed by atoms with Gasteiger partial charge in [0, 0.05) is 28.4 Å². The average Bonchev–Trinajstić information content (AvgIpc) is 2.60. The molecule has 26 heavy (non-hydrogen) atoms. The van der Waals surface area contributed by atoms with Crippen molar-refractivity contribution in [1.29, 1.82) is 0 Å². The number of methoxy groups -OCH3 is 4. The van der Waals surface area contributed by atoms with Crippen LogP contribution in [-0.2, 0) is 33.2 Å². The third kappa shape index (κ3) is 3.91. The third-order valence-electron chi connectivity index (χ3n) is 5.32. The Morgan fingerprint density at radius 1 is 0.808 bits per heavy atom. The van der Waals surface area contributed by atoms with Gasteiger partial charge in [-0.2, -0.15) is 0 Å². The summed E-state index contributed by atoms with van der Waals surface area (Å²) in [6.07, 6.45) is -6.50. The summed E-state index contributed by atoms with van der Waals surface area (Å²) in [5.74, 6) is -1.22. The highest BCUT2D eigenvalue weighted by atomic mass is 16.8. The number of aliphatic hydroxyl groups excluding tert-OH is 2. The molecule has 9 heteroatoms. The lowest BCUT2D eigenvalue weighted by atomic mass is 9.93. The standard InChI is InChI=1S/C17H32O9/c1-8-11(20-4)10(18)13(21-5)16(24-8)25-12-9(2)26-17(3,23-7)15(19)14(12)22-6/h8-16,18-19H,1-7H3/t8?,9?,10?,11-,12?,13?,14?,15?,16?,17+/m0/s1. The van der Waals surface area contributed by atoms with E-state index < -0.39 is 60.9 Å². The van der Waals surface area contributed by atoms with Gasteiger partial charge in [0.15, 0.2) is 12.1 Å². The molecule has 2 N–H and O–H groups in total. The molecule has 154 valence electrons. The first-order valence-corrected chi connectivity index (χ1v) is 8.72. The summed E-state index contributed by atoms with van der Waals surface area (Å²) in [6, 6.07) is 0. The van der Waals surface area contributed by atoms with Gasteiger partial charge in [0.1, 0.15) is 36.6 Å². The van der Waals surface area contributed by atoms with E-state index in [0.717, 1.165) is 0 Å². The Bertz CT molecular complexity index is 450. The van der Waals surface area contributed by atoms with E-state index in [0.29, 0.717) is 0 Å². The van der Waals surface area contributed by atoms with Crippen LogP contribution in [0.25, 0.3) is 0 Å². The van der Waals surface area contributed by atoms with Crippen LogP contribution in [-0.4, -0.2) is 99.6 Å². The van der Waals surface area contributed by atoms with Crippen molar-refractivity contribution in [2.24, 2.45) is 0 Å². The summed E-state index contributed by atoms with van der Waals surface area (Å²) in [6.45, 7) is 5.22. The van der Waals surface area contributed by atoms with E-state index >= 15 is 0 Å². The summed E-state index contributed by atoms with van der Waals surface area (Å²) in [7, 11) is 5.90. The monoisotopic (exact) mass is 380 g/mol. The van der Waals surface area contributed by atoms with Crippen molar-refractivity contribution in [2.75, 3.05) is 28.4 Å². The molecule has 0 aromatic carbocycles. The Morgan fingerprint density at radius 2 is 1.38 bits per heavy atom. The van der Waals surface area contributed by atoms with Crippen molar-refractivity contribution >= 4 is 0 Å². The molecule has 8 unspecified atom stereocenters. The van der Waals surface area contributed by atoms with Crippen molar-refractivity contribution in [3.63, 3.8) is 0 Å². The van der Waals surface area contributed by atoms with Crippen molar-refractivity contribution < 1.29 is 43.4 Å². The van der Waals surface area contributed by atoms with Crippen LogP contribution in [0.4, 0.5) is 0 Å². The molecule has 0 saturated carbocycles. The molecule has 0 radical (unpaired) electrons. The fraction of sp³-hybridized carbons (Fsp3) is 1.00. The second-order valence-electron chi connectivity index (χ2n) is 6.89. The molecule has 2 aliphatic heterocycles. The van der Waals surface area contributed by atoms with Crippen molar-refractivity contribution in [3.8, 4) is 0 Å². The summed E-state index contributed by atoms with van der Waals surface area (Å²) >= 11 is 0. The molecule has 2 aliphatic rings. The summed E-state index contributed by atoms with van der Waals surface area (Å²) < 4.78 is 39.2. The minimum atomic E-state index is -1.22. The Kier molecular flexibility index (Phi) is 7.39. The Hall–Kier alpha value is -0.360. The first-order chi connectivity index (χ1) is 12.2. The lowest BCUT2D eigenvalue weighted by molar-refractivity contribution is -0.380. The van der Waals surface area contributed by atoms with Gasteiger partial charge in [0.05, 0.1) is 12.2 Å². The number of hydrogen-bond donors (Lipinski definition) is 2. The van der Waals surface area contributed by atoms with Crippen LogP contribution in [0.3, 0.4) is 0 Å². The van der Waals surface area contributed by atoms with Crippen LogP contribution in [0.2, 0.25) is 0 Å². The molecular weight excluding hydrogens is 348 g/mol. The highest BCUT2D eigenvalue weighted by Gasteiger charge is 2.54. The zero-order valence-corrected chi connectivity index (χ0v) is 16.4. The molecule has 2 rings (SSSR count). The van der Waals surface area contributed by atoms with Gasteiger partial charge in [-0.25, -0.2) is 0 Å². The molecule has 0 aliphatic carbocycles. The van der Waals surface area contributed by atoms with E-state index in [4.69, 9.17) is 33.2 Å². The Labute approximate surface area is 154 Å². The SMILES string of the molecule is COC1C(OC2C(C)O[C@@](C)(OC)C(O)C2OC)OC(C)[C@H](OC)C1O. The lowest BCUT2D eigenvalue weighted by Gasteiger charge is -2.50. The minimum Gasteiger partial charge on any atom is -0.387 e. The predicted molar refractivity (Wildman–Crippen MR) is 89.6 cm³/mol. The minimum absolute atomic E-state index is 0.415. The maximum Gasteiger partial charge on any atom is 0.194 e. The molecule has 10 atom stereocenters. The molecule has 9 nitrogen and oxygen atoms in total. The maximum atomic E-state index is 10.6. The van der Waals surface area contributed by atoms with E-state index in [2.05, 4.69) is 0 Å². The summed E-state index contributed by atoms with van der Waals surface area (Å²) in [4.78, 5) is 0. The van der Waals surface area contributed by atoms with Crippen molar-refractivity contribution in [1.82, 2.24) is 0 Å². The third-order valence-corrected chi connectivity index (χ3v) is 5.32. The first-order valence-electron chi connectivity index (χ1n) is 8.72. The molecule has 2 saturated heterocycles.